The van der Waals surface area contributed by atoms with Crippen LogP contribution in [0.25, 0.3) is 16.9 Å². The minimum atomic E-state index is -0.187. The van der Waals surface area contributed by atoms with Crippen molar-refractivity contribution in [2.24, 2.45) is 0 Å². The smallest absolute Gasteiger partial charge is 0.255 e. The van der Waals surface area contributed by atoms with Gasteiger partial charge in [-0.15, -0.1) is 0 Å². The lowest BCUT2D eigenvalue weighted by molar-refractivity contribution is 0.102. The first kappa shape index (κ1) is 15.9. The lowest BCUT2D eigenvalue weighted by Crippen LogP contribution is -2.11. The van der Waals surface area contributed by atoms with Crippen molar-refractivity contribution in [1.29, 1.82) is 0 Å². The fourth-order valence-electron chi connectivity index (χ4n) is 2.90. The molecule has 0 aliphatic heterocycles. The number of imidazole rings is 1. The van der Waals surface area contributed by atoms with Crippen molar-refractivity contribution in [1.82, 2.24) is 9.38 Å². The summed E-state index contributed by atoms with van der Waals surface area (Å²) in [5.74, 6) is -0.187. The molecule has 0 aliphatic rings. The number of nitrogens with zero attached hydrogens (tertiary/aromatic N) is 2. The van der Waals surface area contributed by atoms with E-state index < -0.39 is 0 Å². The fourth-order valence-corrected chi connectivity index (χ4v) is 2.90. The van der Waals surface area contributed by atoms with Gasteiger partial charge in [0.25, 0.3) is 5.91 Å². The second-order valence-electron chi connectivity index (χ2n) is 6.21. The maximum absolute atomic E-state index is 12.3. The number of anilines is 2. The number of carbonyl (C=O) groups is 1. The Kier molecular flexibility index (Phi) is 3.89. The van der Waals surface area contributed by atoms with Crippen molar-refractivity contribution in [2.75, 3.05) is 11.1 Å². The van der Waals surface area contributed by atoms with Crippen LogP contribution in [0.15, 0.2) is 73.1 Å². The summed E-state index contributed by atoms with van der Waals surface area (Å²) < 4.78 is 2.01. The predicted octanol–water partition coefficient (Wildman–Crippen LogP) is 4.14. The van der Waals surface area contributed by atoms with Crippen molar-refractivity contribution >= 4 is 22.9 Å². The highest BCUT2D eigenvalue weighted by Gasteiger charge is 2.08. The molecule has 3 N–H and O–H groups in total. The van der Waals surface area contributed by atoms with Crippen molar-refractivity contribution in [3.63, 3.8) is 0 Å². The van der Waals surface area contributed by atoms with Gasteiger partial charge in [-0.1, -0.05) is 24.3 Å². The summed E-state index contributed by atoms with van der Waals surface area (Å²) in [5, 5.41) is 2.88. The molecule has 2 aromatic heterocycles. The highest BCUT2D eigenvalue weighted by molar-refractivity contribution is 6.04. The van der Waals surface area contributed by atoms with E-state index in [4.69, 9.17) is 10.7 Å². The van der Waals surface area contributed by atoms with E-state index in [1.165, 1.54) is 0 Å². The van der Waals surface area contributed by atoms with E-state index in [0.29, 0.717) is 11.3 Å². The van der Waals surface area contributed by atoms with Crippen molar-refractivity contribution in [3.8, 4) is 11.3 Å². The SMILES string of the molecule is Cc1cccn2cc(-c3ccc(NC(=O)c4cccc(N)c4)cc3)nc12. The molecule has 0 spiro atoms. The summed E-state index contributed by atoms with van der Waals surface area (Å²) in [5.41, 5.74) is 11.5. The molecule has 0 aliphatic carbocycles. The Bertz CT molecular complexity index is 1100. The van der Waals surface area contributed by atoms with Gasteiger partial charge in [0.15, 0.2) is 0 Å². The molecular weight excluding hydrogens is 324 g/mol. The van der Waals surface area contributed by atoms with Gasteiger partial charge >= 0.3 is 0 Å². The third-order valence-corrected chi connectivity index (χ3v) is 4.27. The molecule has 0 atom stereocenters. The van der Waals surface area contributed by atoms with Gasteiger partial charge in [-0.25, -0.2) is 4.98 Å². The van der Waals surface area contributed by atoms with Crippen LogP contribution in [0, 0.1) is 6.92 Å². The van der Waals surface area contributed by atoms with Gasteiger partial charge in [0, 0.05) is 34.9 Å². The quantitative estimate of drug-likeness (QED) is 0.550. The predicted molar refractivity (Wildman–Crippen MR) is 104 cm³/mol. The average Bonchev–Trinajstić information content (AvgIpc) is 3.08. The number of pyridine rings is 1. The van der Waals surface area contributed by atoms with Crippen LogP contribution in [0.5, 0.6) is 0 Å². The van der Waals surface area contributed by atoms with Crippen LogP contribution < -0.4 is 11.1 Å². The van der Waals surface area contributed by atoms with Crippen LogP contribution in [-0.4, -0.2) is 15.3 Å². The summed E-state index contributed by atoms with van der Waals surface area (Å²) >= 11 is 0. The lowest BCUT2D eigenvalue weighted by Gasteiger charge is -2.06. The maximum Gasteiger partial charge on any atom is 0.255 e. The lowest BCUT2D eigenvalue weighted by atomic mass is 10.1. The number of hydrogen-bond donors (Lipinski definition) is 2. The number of carbonyl (C=O) groups excluding carboxylic acids is 1. The van der Waals surface area contributed by atoms with Gasteiger partial charge in [-0.3, -0.25) is 4.79 Å². The van der Waals surface area contributed by atoms with Gasteiger partial charge in [0.1, 0.15) is 5.65 Å². The zero-order chi connectivity index (χ0) is 18.1. The molecule has 5 nitrogen and oxygen atoms in total. The van der Waals surface area contributed by atoms with Crippen LogP contribution in [0.3, 0.4) is 0 Å². The van der Waals surface area contributed by atoms with Gasteiger partial charge < -0.3 is 15.5 Å². The van der Waals surface area contributed by atoms with Gasteiger partial charge in [-0.2, -0.15) is 0 Å². The molecule has 0 saturated carbocycles. The molecular formula is C21H18N4O. The monoisotopic (exact) mass is 342 g/mol. The van der Waals surface area contributed by atoms with Crippen LogP contribution in [-0.2, 0) is 0 Å². The van der Waals surface area contributed by atoms with Gasteiger partial charge in [-0.05, 0) is 48.9 Å². The normalized spacial score (nSPS) is 10.8. The van der Waals surface area contributed by atoms with Crippen molar-refractivity contribution < 1.29 is 4.79 Å². The average molecular weight is 342 g/mol. The summed E-state index contributed by atoms with van der Waals surface area (Å²) in [7, 11) is 0. The Hall–Kier alpha value is -3.60. The Morgan fingerprint density at radius 3 is 2.62 bits per heavy atom. The number of amides is 1. The first-order valence-electron chi connectivity index (χ1n) is 8.32. The Morgan fingerprint density at radius 2 is 1.88 bits per heavy atom. The van der Waals surface area contributed by atoms with Gasteiger partial charge in [0.2, 0.25) is 0 Å². The molecule has 0 fully saturated rings. The molecule has 0 saturated heterocycles. The van der Waals surface area contributed by atoms with Crippen molar-refractivity contribution in [3.05, 3.63) is 84.2 Å². The second kappa shape index (κ2) is 6.37. The fraction of sp³-hybridized carbons (Fsp3) is 0.0476. The Balaban J connectivity index is 1.56. The molecule has 2 heterocycles. The highest BCUT2D eigenvalue weighted by atomic mass is 16.1. The van der Waals surface area contributed by atoms with Crippen molar-refractivity contribution in [2.45, 2.75) is 6.92 Å². The molecule has 128 valence electrons. The standard InChI is InChI=1S/C21H18N4O/c1-14-4-3-11-25-13-19(24-20(14)25)15-7-9-18(10-8-15)23-21(26)16-5-2-6-17(22)12-16/h2-13H,22H2,1H3,(H,23,26). The Morgan fingerprint density at radius 1 is 1.08 bits per heavy atom. The minimum Gasteiger partial charge on any atom is -0.399 e. The van der Waals surface area contributed by atoms with E-state index in [1.807, 2.05) is 60.1 Å². The zero-order valence-corrected chi connectivity index (χ0v) is 14.3. The number of nitrogen functional groups attached to an aromatic ring is 1. The number of nitrogens with one attached hydrogen (secondary N) is 1. The second-order valence-corrected chi connectivity index (χ2v) is 6.21. The number of benzene rings is 2. The largest absolute Gasteiger partial charge is 0.399 e. The summed E-state index contributed by atoms with van der Waals surface area (Å²) in [6.45, 7) is 2.04. The third-order valence-electron chi connectivity index (χ3n) is 4.27. The summed E-state index contributed by atoms with van der Waals surface area (Å²) in [6, 6.07) is 18.6. The van der Waals surface area contributed by atoms with Crippen LogP contribution in [0.1, 0.15) is 15.9 Å². The number of rotatable bonds is 3. The van der Waals surface area contributed by atoms with E-state index >= 15 is 0 Å². The van der Waals surface area contributed by atoms with E-state index in [-0.39, 0.29) is 5.91 Å². The molecule has 1 amide bonds. The van der Waals surface area contributed by atoms with E-state index in [2.05, 4.69) is 5.32 Å². The number of hydrogen-bond acceptors (Lipinski definition) is 3. The molecule has 4 aromatic rings. The molecule has 0 unspecified atom stereocenters. The zero-order valence-electron chi connectivity index (χ0n) is 14.3. The van der Waals surface area contributed by atoms with Crippen LogP contribution in [0.2, 0.25) is 0 Å². The Labute approximate surface area is 151 Å². The minimum absolute atomic E-state index is 0.187. The topological polar surface area (TPSA) is 72.4 Å². The van der Waals surface area contributed by atoms with E-state index in [1.54, 1.807) is 24.3 Å². The van der Waals surface area contributed by atoms with Crippen LogP contribution in [0.4, 0.5) is 11.4 Å². The molecule has 2 aromatic carbocycles. The number of aromatic nitrogens is 2. The van der Waals surface area contributed by atoms with E-state index in [0.717, 1.165) is 28.2 Å². The van der Waals surface area contributed by atoms with E-state index in [9.17, 15) is 4.79 Å². The number of aryl methyl sites for hydroxylation is 1. The molecule has 5 heteroatoms. The maximum atomic E-state index is 12.3. The first-order valence-corrected chi connectivity index (χ1v) is 8.32. The summed E-state index contributed by atoms with van der Waals surface area (Å²) in [4.78, 5) is 17.0. The molecule has 26 heavy (non-hydrogen) atoms. The highest BCUT2D eigenvalue weighted by Crippen LogP contribution is 2.22. The first-order chi connectivity index (χ1) is 12.6. The molecule has 4 rings (SSSR count). The molecule has 0 bridgehead atoms. The number of nitrogens with two attached hydrogens (primary N) is 1. The van der Waals surface area contributed by atoms with Gasteiger partial charge in [0.05, 0.1) is 5.69 Å². The van der Waals surface area contributed by atoms with Crippen LogP contribution >= 0.6 is 0 Å². The summed E-state index contributed by atoms with van der Waals surface area (Å²) in [6.07, 6.45) is 3.99. The molecule has 0 radical (unpaired) electrons. The number of fused-ring (bicyclic) bond motifs is 1. The third kappa shape index (κ3) is 3.02.